The first-order chi connectivity index (χ1) is 20.2. The Morgan fingerprint density at radius 1 is 0.738 bits per heavy atom. The molecule has 2 heterocycles. The summed E-state index contributed by atoms with van der Waals surface area (Å²) in [7, 11) is 0. The van der Waals surface area contributed by atoms with Crippen LogP contribution in [0.3, 0.4) is 0 Å². The molecule has 0 saturated carbocycles. The van der Waals surface area contributed by atoms with Gasteiger partial charge in [-0.2, -0.15) is 0 Å². The Morgan fingerprint density at radius 2 is 1.24 bits per heavy atom. The number of hydrogen-bond acceptors (Lipinski definition) is 7. The van der Waals surface area contributed by atoms with E-state index in [2.05, 4.69) is 60.7 Å². The van der Waals surface area contributed by atoms with Crippen LogP contribution >= 0.6 is 0 Å². The van der Waals surface area contributed by atoms with Crippen molar-refractivity contribution in [2.75, 3.05) is 34.4 Å². The van der Waals surface area contributed by atoms with Gasteiger partial charge in [0, 0.05) is 40.3 Å². The Bertz CT molecular complexity index is 1590. The molecule has 2 aliphatic rings. The molecule has 42 heavy (non-hydrogen) atoms. The predicted molar refractivity (Wildman–Crippen MR) is 168 cm³/mol. The molecule has 2 unspecified atom stereocenters. The number of nitrogens with two attached hydrogens (primary N) is 2. The summed E-state index contributed by atoms with van der Waals surface area (Å²) in [5.41, 5.74) is 15.2. The molecule has 0 radical (unpaired) electrons. The minimum atomic E-state index is -0.497. The van der Waals surface area contributed by atoms with Gasteiger partial charge in [-0.15, -0.1) is 0 Å². The van der Waals surface area contributed by atoms with E-state index >= 15 is 0 Å². The Kier molecular flexibility index (Phi) is 8.18. The lowest BCUT2D eigenvalue weighted by Gasteiger charge is -2.14. The van der Waals surface area contributed by atoms with Crippen LogP contribution < -0.4 is 43.4 Å². The molecule has 0 aliphatic carbocycles. The Morgan fingerprint density at radius 3 is 1.71 bits per heavy atom. The molecule has 216 valence electrons. The summed E-state index contributed by atoms with van der Waals surface area (Å²) in [6.07, 6.45) is 0. The molecule has 0 aromatic heterocycles. The number of amides is 4. The first-order valence-electron chi connectivity index (χ1n) is 13.4. The zero-order valence-corrected chi connectivity index (χ0v) is 23.2. The Labute approximate surface area is 243 Å². The number of aliphatic imine (C=N–C) groups is 3. The molecule has 4 amide bonds. The number of urea groups is 2. The SMILES string of the molecule is CC1CN=C(c2cccc(NC(=O)Nc3ccc(NC(=O)Nc4cccc(C5=NCC(C)N5)c4)c(N=C(N)N)c3)c2)N1. The van der Waals surface area contributed by atoms with Gasteiger partial charge in [0.2, 0.25) is 0 Å². The number of nitrogens with zero attached hydrogens (tertiary/aromatic N) is 3. The Hall–Kier alpha value is -5.59. The average molecular weight is 568 g/mol. The van der Waals surface area contributed by atoms with Crippen LogP contribution in [0, 0.1) is 0 Å². The number of hydrogen-bond donors (Lipinski definition) is 8. The van der Waals surface area contributed by atoms with Crippen LogP contribution in [-0.2, 0) is 0 Å². The zero-order valence-electron chi connectivity index (χ0n) is 23.2. The molecule has 0 saturated heterocycles. The van der Waals surface area contributed by atoms with E-state index in [1.807, 2.05) is 36.4 Å². The molecule has 0 bridgehead atoms. The maximum absolute atomic E-state index is 12.8. The number of rotatable bonds is 7. The lowest BCUT2D eigenvalue weighted by molar-refractivity contribution is 0.261. The third-order valence-corrected chi connectivity index (χ3v) is 6.35. The maximum Gasteiger partial charge on any atom is 0.323 e. The molecule has 13 nitrogen and oxygen atoms in total. The van der Waals surface area contributed by atoms with Crippen molar-refractivity contribution in [1.29, 1.82) is 0 Å². The number of anilines is 4. The van der Waals surface area contributed by atoms with E-state index < -0.39 is 12.1 Å². The van der Waals surface area contributed by atoms with Crippen LogP contribution in [0.4, 0.5) is 38.0 Å². The topological polar surface area (TPSA) is 195 Å². The second-order valence-corrected chi connectivity index (χ2v) is 10.1. The molecule has 2 atom stereocenters. The molecule has 13 heteroatoms. The van der Waals surface area contributed by atoms with Crippen molar-refractivity contribution in [3.8, 4) is 0 Å². The molecular weight excluding hydrogens is 534 g/mol. The molecule has 10 N–H and O–H groups in total. The van der Waals surface area contributed by atoms with E-state index in [9.17, 15) is 9.59 Å². The van der Waals surface area contributed by atoms with Crippen LogP contribution in [-0.4, -0.2) is 54.9 Å². The van der Waals surface area contributed by atoms with Crippen LogP contribution in [0.15, 0.2) is 81.7 Å². The highest BCUT2D eigenvalue weighted by Gasteiger charge is 2.17. The Balaban J connectivity index is 1.24. The van der Waals surface area contributed by atoms with Crippen molar-refractivity contribution >= 4 is 58.1 Å². The molecule has 0 fully saturated rings. The largest absolute Gasteiger partial charge is 0.370 e. The average Bonchev–Trinajstić information content (AvgIpc) is 3.58. The van der Waals surface area contributed by atoms with Crippen molar-refractivity contribution in [1.82, 2.24) is 10.6 Å². The van der Waals surface area contributed by atoms with Gasteiger partial charge in [-0.25, -0.2) is 14.6 Å². The summed E-state index contributed by atoms with van der Waals surface area (Å²) in [6, 6.07) is 19.1. The van der Waals surface area contributed by atoms with Crippen LogP contribution in [0.25, 0.3) is 0 Å². The van der Waals surface area contributed by atoms with E-state index in [1.165, 1.54) is 0 Å². The van der Waals surface area contributed by atoms with Gasteiger partial charge in [-0.05, 0) is 56.3 Å². The number of guanidine groups is 1. The summed E-state index contributed by atoms with van der Waals surface area (Å²) >= 11 is 0. The monoisotopic (exact) mass is 567 g/mol. The highest BCUT2D eigenvalue weighted by Crippen LogP contribution is 2.29. The fourth-order valence-corrected chi connectivity index (χ4v) is 4.47. The number of amidine groups is 2. The van der Waals surface area contributed by atoms with Gasteiger partial charge in [0.05, 0.1) is 24.5 Å². The molecule has 5 rings (SSSR count). The van der Waals surface area contributed by atoms with E-state index in [0.29, 0.717) is 35.8 Å². The highest BCUT2D eigenvalue weighted by atomic mass is 16.2. The van der Waals surface area contributed by atoms with Gasteiger partial charge in [0.25, 0.3) is 0 Å². The third kappa shape index (κ3) is 7.13. The number of carbonyl (C=O) groups excluding carboxylic acids is 2. The fraction of sp³-hybridized carbons (Fsp3) is 0.207. The lowest BCUT2D eigenvalue weighted by Crippen LogP contribution is -2.27. The highest BCUT2D eigenvalue weighted by molar-refractivity contribution is 6.06. The first kappa shape index (κ1) is 28.0. The summed E-state index contributed by atoms with van der Waals surface area (Å²) in [6.45, 7) is 5.52. The molecule has 3 aromatic carbocycles. The molecule has 3 aromatic rings. The molecule has 2 aliphatic heterocycles. The van der Waals surface area contributed by atoms with Crippen LogP contribution in [0.2, 0.25) is 0 Å². The fourth-order valence-electron chi connectivity index (χ4n) is 4.47. The summed E-state index contributed by atoms with van der Waals surface area (Å²) < 4.78 is 0. The van der Waals surface area contributed by atoms with Crippen molar-refractivity contribution in [2.24, 2.45) is 26.4 Å². The van der Waals surface area contributed by atoms with Crippen molar-refractivity contribution in [2.45, 2.75) is 25.9 Å². The normalized spacial score (nSPS) is 17.2. The second-order valence-electron chi connectivity index (χ2n) is 10.1. The molecular formula is C29H33N11O2. The smallest absolute Gasteiger partial charge is 0.323 e. The first-order valence-corrected chi connectivity index (χ1v) is 13.4. The van der Waals surface area contributed by atoms with Crippen molar-refractivity contribution in [3.63, 3.8) is 0 Å². The van der Waals surface area contributed by atoms with Gasteiger partial charge in [0.15, 0.2) is 5.96 Å². The number of carbonyl (C=O) groups is 2. The van der Waals surface area contributed by atoms with E-state index in [-0.39, 0.29) is 23.7 Å². The van der Waals surface area contributed by atoms with Crippen LogP contribution in [0.1, 0.15) is 25.0 Å². The predicted octanol–water partition coefficient (Wildman–Crippen LogP) is 3.36. The number of benzene rings is 3. The van der Waals surface area contributed by atoms with Gasteiger partial charge in [-0.3, -0.25) is 9.98 Å². The van der Waals surface area contributed by atoms with Crippen molar-refractivity contribution in [3.05, 3.63) is 77.9 Å². The maximum atomic E-state index is 12.8. The second kappa shape index (κ2) is 12.3. The van der Waals surface area contributed by atoms with Gasteiger partial charge < -0.3 is 43.4 Å². The summed E-state index contributed by atoms with van der Waals surface area (Å²) in [5.74, 6) is 1.38. The lowest BCUT2D eigenvalue weighted by atomic mass is 10.2. The third-order valence-electron chi connectivity index (χ3n) is 6.35. The quantitative estimate of drug-likeness (QED) is 0.159. The summed E-state index contributed by atoms with van der Waals surface area (Å²) in [4.78, 5) is 38.7. The van der Waals surface area contributed by atoms with Gasteiger partial charge in [-0.1, -0.05) is 24.3 Å². The van der Waals surface area contributed by atoms with Crippen molar-refractivity contribution < 1.29 is 9.59 Å². The summed E-state index contributed by atoms with van der Waals surface area (Å²) in [5, 5.41) is 17.8. The van der Waals surface area contributed by atoms with Gasteiger partial charge in [0.1, 0.15) is 11.7 Å². The minimum absolute atomic E-state index is 0.207. The number of nitrogens with one attached hydrogen (secondary N) is 6. The minimum Gasteiger partial charge on any atom is -0.370 e. The van der Waals surface area contributed by atoms with Crippen LogP contribution in [0.5, 0.6) is 0 Å². The van der Waals surface area contributed by atoms with E-state index in [0.717, 1.165) is 22.8 Å². The standard InChI is InChI=1S/C29H33N11O2/c1-16-14-32-25(34-16)18-5-3-7-20(11-18)36-28(41)38-22-9-10-23(24(13-22)39-27(30)31)40-29(42)37-21-8-4-6-19(12-21)26-33-15-17(2)35-26/h3-13,16-17H,14-15H2,1-2H3,(H,32,34)(H,33,35)(H4,30,31,39)(H2,36,38,41)(H2,37,40,42). The molecule has 0 spiro atoms. The van der Waals surface area contributed by atoms with E-state index in [4.69, 9.17) is 11.5 Å². The van der Waals surface area contributed by atoms with Gasteiger partial charge >= 0.3 is 12.1 Å². The van der Waals surface area contributed by atoms with E-state index in [1.54, 1.807) is 30.3 Å². The zero-order chi connectivity index (χ0) is 29.6.